The van der Waals surface area contributed by atoms with Crippen molar-refractivity contribution in [2.75, 3.05) is 13.7 Å². The topological polar surface area (TPSA) is 75.7 Å². The number of methoxy groups -OCH3 is 1. The van der Waals surface area contributed by atoms with Crippen LogP contribution in [0.4, 0.5) is 0 Å². The molecule has 0 radical (unpaired) electrons. The number of rotatable bonds is 6. The Morgan fingerprint density at radius 3 is 2.97 bits per heavy atom. The van der Waals surface area contributed by atoms with Gasteiger partial charge in [0.2, 0.25) is 5.75 Å². The molecule has 7 heteroatoms. The average Bonchev–Trinajstić information content (AvgIpc) is 3.38. The van der Waals surface area contributed by atoms with Gasteiger partial charge in [-0.1, -0.05) is 12.1 Å². The van der Waals surface area contributed by atoms with E-state index in [2.05, 4.69) is 15.6 Å². The lowest BCUT2D eigenvalue weighted by Gasteiger charge is -2.26. The van der Waals surface area contributed by atoms with Crippen molar-refractivity contribution in [2.45, 2.75) is 32.4 Å². The van der Waals surface area contributed by atoms with Crippen LogP contribution in [0.3, 0.4) is 0 Å². The summed E-state index contributed by atoms with van der Waals surface area (Å²) in [6.45, 7) is 3.07. The summed E-state index contributed by atoms with van der Waals surface area (Å²) in [5, 5.41) is 0.707. The standard InChI is InChI=1S/C23H22N2O5/c1-14-12-18(26)19-20(27-2)15-8-11-29-21(15)23(22(19)30-14)28-10-5-9-25-13-24-16-6-3-4-7-17(16)25/h3-4,6-8,11,13-14H,5,9-10,12H2,1-2H3. The first-order chi connectivity index (χ1) is 14.7. The van der Waals surface area contributed by atoms with Crippen LogP contribution < -0.4 is 14.2 Å². The van der Waals surface area contributed by atoms with Crippen LogP contribution >= 0.6 is 0 Å². The Kier molecular flexibility index (Phi) is 4.58. The average molecular weight is 406 g/mol. The summed E-state index contributed by atoms with van der Waals surface area (Å²) in [6.07, 6.45) is 4.24. The molecular formula is C23H22N2O5. The van der Waals surface area contributed by atoms with E-state index in [1.807, 2.05) is 31.5 Å². The molecule has 1 aliphatic rings. The fourth-order valence-electron chi connectivity index (χ4n) is 4.03. The number of ketones is 1. The zero-order chi connectivity index (χ0) is 20.7. The maximum Gasteiger partial charge on any atom is 0.205 e. The largest absolute Gasteiger partial charge is 0.495 e. The van der Waals surface area contributed by atoms with Gasteiger partial charge in [0.15, 0.2) is 17.1 Å². The molecule has 0 saturated carbocycles. The Morgan fingerprint density at radius 2 is 2.10 bits per heavy atom. The van der Waals surface area contributed by atoms with Gasteiger partial charge in [-0.25, -0.2) is 4.98 Å². The summed E-state index contributed by atoms with van der Waals surface area (Å²) < 4.78 is 25.5. The lowest BCUT2D eigenvalue weighted by Crippen LogP contribution is -2.25. The Hall–Kier alpha value is -3.48. The number of benzene rings is 2. The fraction of sp³-hybridized carbons (Fsp3) is 0.304. The van der Waals surface area contributed by atoms with Crippen molar-refractivity contribution >= 4 is 27.8 Å². The van der Waals surface area contributed by atoms with Crippen LogP contribution in [0.1, 0.15) is 30.1 Å². The highest BCUT2D eigenvalue weighted by atomic mass is 16.5. The van der Waals surface area contributed by atoms with Crippen LogP contribution in [0.5, 0.6) is 17.2 Å². The van der Waals surface area contributed by atoms with Crippen molar-refractivity contribution in [3.8, 4) is 17.2 Å². The Labute approximate surface area is 173 Å². The van der Waals surface area contributed by atoms with E-state index in [4.69, 9.17) is 18.6 Å². The molecule has 3 heterocycles. The van der Waals surface area contributed by atoms with Gasteiger partial charge in [0, 0.05) is 13.0 Å². The SMILES string of the molecule is COc1c2c(c(OCCCn3cnc4ccccc43)c3occc13)OC(C)CC2=O. The predicted octanol–water partition coefficient (Wildman–Crippen LogP) is 4.61. The van der Waals surface area contributed by atoms with E-state index in [1.54, 1.807) is 19.4 Å². The summed E-state index contributed by atoms with van der Waals surface area (Å²) in [5.74, 6) is 1.33. The second-order valence-corrected chi connectivity index (χ2v) is 7.41. The van der Waals surface area contributed by atoms with Crippen molar-refractivity contribution in [3.05, 3.63) is 48.5 Å². The second-order valence-electron chi connectivity index (χ2n) is 7.41. The molecule has 1 aliphatic heterocycles. The molecule has 4 aromatic rings. The second kappa shape index (κ2) is 7.40. The van der Waals surface area contributed by atoms with E-state index >= 15 is 0 Å². The number of Topliss-reactive ketones (excluding diaryl/α,β-unsaturated/α-hetero) is 1. The van der Waals surface area contributed by atoms with E-state index in [1.165, 1.54) is 0 Å². The molecule has 2 aromatic heterocycles. The van der Waals surface area contributed by atoms with Gasteiger partial charge < -0.3 is 23.2 Å². The van der Waals surface area contributed by atoms with Crippen molar-refractivity contribution in [3.63, 3.8) is 0 Å². The third-order valence-corrected chi connectivity index (χ3v) is 5.37. The number of hydrogen-bond donors (Lipinski definition) is 0. The number of ether oxygens (including phenoxy) is 3. The maximum atomic E-state index is 12.7. The van der Waals surface area contributed by atoms with Gasteiger partial charge in [0.25, 0.3) is 0 Å². The number of para-hydroxylation sites is 2. The summed E-state index contributed by atoms with van der Waals surface area (Å²) in [4.78, 5) is 17.2. The number of nitrogens with zero attached hydrogens (tertiary/aromatic N) is 2. The summed E-state index contributed by atoms with van der Waals surface area (Å²) >= 11 is 0. The molecule has 0 amide bonds. The molecule has 0 fully saturated rings. The van der Waals surface area contributed by atoms with Gasteiger partial charge in [-0.3, -0.25) is 4.79 Å². The highest BCUT2D eigenvalue weighted by Crippen LogP contribution is 2.49. The highest BCUT2D eigenvalue weighted by molar-refractivity contribution is 6.10. The first-order valence-corrected chi connectivity index (χ1v) is 10.0. The number of aryl methyl sites for hydroxylation is 1. The number of carbonyl (C=O) groups is 1. The van der Waals surface area contributed by atoms with Crippen LogP contribution in [0.2, 0.25) is 0 Å². The van der Waals surface area contributed by atoms with Gasteiger partial charge in [0.05, 0.1) is 42.7 Å². The van der Waals surface area contributed by atoms with Gasteiger partial charge in [-0.2, -0.15) is 0 Å². The monoisotopic (exact) mass is 406 g/mol. The number of aromatic nitrogens is 2. The van der Waals surface area contributed by atoms with Gasteiger partial charge in [0.1, 0.15) is 17.4 Å². The molecule has 5 rings (SSSR count). The fourth-order valence-corrected chi connectivity index (χ4v) is 4.03. The molecule has 1 atom stereocenters. The van der Waals surface area contributed by atoms with E-state index < -0.39 is 0 Å². The Balaban J connectivity index is 1.42. The zero-order valence-corrected chi connectivity index (χ0v) is 16.9. The number of imidazole rings is 1. The van der Waals surface area contributed by atoms with E-state index in [9.17, 15) is 4.79 Å². The van der Waals surface area contributed by atoms with E-state index in [0.29, 0.717) is 46.8 Å². The van der Waals surface area contributed by atoms with Crippen LogP contribution in [-0.2, 0) is 6.54 Å². The quantitative estimate of drug-likeness (QED) is 0.435. The third-order valence-electron chi connectivity index (χ3n) is 5.37. The molecular weight excluding hydrogens is 384 g/mol. The van der Waals surface area contributed by atoms with Crippen molar-refractivity contribution in [1.82, 2.24) is 9.55 Å². The van der Waals surface area contributed by atoms with Crippen molar-refractivity contribution in [1.29, 1.82) is 0 Å². The minimum atomic E-state index is -0.234. The van der Waals surface area contributed by atoms with Crippen LogP contribution in [0, 0.1) is 0 Å². The highest BCUT2D eigenvalue weighted by Gasteiger charge is 2.34. The lowest BCUT2D eigenvalue weighted by molar-refractivity contribution is 0.0858. The first-order valence-electron chi connectivity index (χ1n) is 10.0. The van der Waals surface area contributed by atoms with Gasteiger partial charge in [-0.05, 0) is 31.5 Å². The minimum Gasteiger partial charge on any atom is -0.495 e. The number of carbonyl (C=O) groups excluding carboxylic acids is 1. The first kappa shape index (κ1) is 18.5. The molecule has 0 spiro atoms. The molecule has 7 nitrogen and oxygen atoms in total. The van der Waals surface area contributed by atoms with Crippen LogP contribution in [0.15, 0.2) is 47.3 Å². The third kappa shape index (κ3) is 2.98. The van der Waals surface area contributed by atoms with Crippen LogP contribution in [-0.4, -0.2) is 35.2 Å². The Bertz CT molecular complexity index is 1240. The molecule has 154 valence electrons. The molecule has 2 aromatic carbocycles. The van der Waals surface area contributed by atoms with Crippen LogP contribution in [0.25, 0.3) is 22.0 Å². The molecule has 0 bridgehead atoms. The molecule has 0 aliphatic carbocycles. The minimum absolute atomic E-state index is 0.0153. The van der Waals surface area contributed by atoms with Crippen molar-refractivity contribution in [2.24, 2.45) is 0 Å². The van der Waals surface area contributed by atoms with Gasteiger partial charge >= 0.3 is 0 Å². The van der Waals surface area contributed by atoms with E-state index in [-0.39, 0.29) is 11.9 Å². The number of hydrogen-bond acceptors (Lipinski definition) is 6. The normalized spacial score (nSPS) is 15.9. The summed E-state index contributed by atoms with van der Waals surface area (Å²) in [7, 11) is 1.54. The predicted molar refractivity (Wildman–Crippen MR) is 112 cm³/mol. The summed E-state index contributed by atoms with van der Waals surface area (Å²) in [5.41, 5.74) is 3.03. The Morgan fingerprint density at radius 1 is 1.23 bits per heavy atom. The van der Waals surface area contributed by atoms with Crippen molar-refractivity contribution < 1.29 is 23.4 Å². The van der Waals surface area contributed by atoms with E-state index in [0.717, 1.165) is 24.0 Å². The molecule has 1 unspecified atom stereocenters. The summed E-state index contributed by atoms with van der Waals surface area (Å²) in [6, 6.07) is 9.81. The molecule has 30 heavy (non-hydrogen) atoms. The number of fused-ring (bicyclic) bond motifs is 3. The molecule has 0 N–H and O–H groups in total. The van der Waals surface area contributed by atoms with Gasteiger partial charge in [-0.15, -0.1) is 0 Å². The smallest absolute Gasteiger partial charge is 0.205 e. The number of furan rings is 1. The lowest BCUT2D eigenvalue weighted by atomic mass is 9.97. The maximum absolute atomic E-state index is 12.7. The zero-order valence-electron chi connectivity index (χ0n) is 16.9. The molecule has 0 saturated heterocycles.